The van der Waals surface area contributed by atoms with Gasteiger partial charge in [0.15, 0.2) is 0 Å². The van der Waals surface area contributed by atoms with E-state index >= 15 is 0 Å². The van der Waals surface area contributed by atoms with Gasteiger partial charge in [-0.15, -0.1) is 0 Å². The van der Waals surface area contributed by atoms with Crippen molar-refractivity contribution < 1.29 is 4.79 Å². The van der Waals surface area contributed by atoms with Crippen LogP contribution in [-0.4, -0.2) is 50.6 Å². The summed E-state index contributed by atoms with van der Waals surface area (Å²) in [7, 11) is 4.05. The second-order valence-corrected chi connectivity index (χ2v) is 4.25. The molecule has 0 radical (unpaired) electrons. The molecular formula is C11H25N3O. The predicted octanol–water partition coefficient (Wildman–Crippen LogP) is 0.442. The molecule has 0 aromatic carbocycles. The van der Waals surface area contributed by atoms with Gasteiger partial charge in [0.2, 0.25) is 5.91 Å². The molecule has 0 rings (SSSR count). The molecule has 0 aliphatic heterocycles. The van der Waals surface area contributed by atoms with Crippen molar-refractivity contribution in [3.05, 3.63) is 0 Å². The zero-order valence-electron chi connectivity index (χ0n) is 10.5. The Bertz CT molecular complexity index is 171. The van der Waals surface area contributed by atoms with Crippen LogP contribution in [0, 0.1) is 0 Å². The van der Waals surface area contributed by atoms with Crippen LogP contribution >= 0.6 is 0 Å². The molecule has 0 bridgehead atoms. The van der Waals surface area contributed by atoms with Crippen molar-refractivity contribution in [3.63, 3.8) is 0 Å². The van der Waals surface area contributed by atoms with Crippen molar-refractivity contribution in [2.45, 2.75) is 32.7 Å². The topological polar surface area (TPSA) is 44.4 Å². The van der Waals surface area contributed by atoms with Gasteiger partial charge in [0.1, 0.15) is 0 Å². The van der Waals surface area contributed by atoms with Crippen LogP contribution in [0.5, 0.6) is 0 Å². The lowest BCUT2D eigenvalue weighted by molar-refractivity contribution is -0.120. The van der Waals surface area contributed by atoms with Gasteiger partial charge in [-0.1, -0.05) is 13.3 Å². The van der Waals surface area contributed by atoms with Gasteiger partial charge in [0, 0.05) is 19.1 Å². The molecule has 4 nitrogen and oxygen atoms in total. The second kappa shape index (κ2) is 8.68. The second-order valence-electron chi connectivity index (χ2n) is 4.25. The van der Waals surface area contributed by atoms with Gasteiger partial charge in [0.25, 0.3) is 0 Å². The first-order chi connectivity index (χ1) is 7.06. The van der Waals surface area contributed by atoms with E-state index in [0.717, 1.165) is 25.9 Å². The zero-order chi connectivity index (χ0) is 11.7. The molecule has 4 heteroatoms. The number of likely N-dealkylation sites (N-methyl/N-ethyl adjacent to an activating group) is 1. The maximum Gasteiger partial charge on any atom is 0.233 e. The summed E-state index contributed by atoms with van der Waals surface area (Å²) in [5.74, 6) is 0.0917. The van der Waals surface area contributed by atoms with Crippen molar-refractivity contribution in [2.24, 2.45) is 0 Å². The molecule has 0 aromatic heterocycles. The first-order valence-corrected chi connectivity index (χ1v) is 5.71. The summed E-state index contributed by atoms with van der Waals surface area (Å²) in [4.78, 5) is 13.4. The Hall–Kier alpha value is -0.610. The number of unbranched alkanes of at least 4 members (excludes halogenated alkanes) is 1. The number of hydrogen-bond donors (Lipinski definition) is 2. The molecule has 1 unspecified atom stereocenters. The third-order valence-electron chi connectivity index (χ3n) is 2.10. The van der Waals surface area contributed by atoms with E-state index in [-0.39, 0.29) is 5.91 Å². The molecule has 0 saturated carbocycles. The average Bonchev–Trinajstić information content (AvgIpc) is 2.14. The quantitative estimate of drug-likeness (QED) is 0.578. The molecule has 90 valence electrons. The fourth-order valence-electron chi connectivity index (χ4n) is 1.35. The minimum atomic E-state index is 0.0917. The lowest BCUT2D eigenvalue weighted by atomic mass is 10.3. The number of nitrogens with one attached hydrogen (secondary N) is 2. The fourth-order valence-corrected chi connectivity index (χ4v) is 1.35. The Kier molecular flexibility index (Phi) is 8.33. The Morgan fingerprint density at radius 1 is 1.40 bits per heavy atom. The van der Waals surface area contributed by atoms with E-state index in [0.29, 0.717) is 12.6 Å². The summed E-state index contributed by atoms with van der Waals surface area (Å²) >= 11 is 0. The van der Waals surface area contributed by atoms with Gasteiger partial charge < -0.3 is 15.5 Å². The van der Waals surface area contributed by atoms with Gasteiger partial charge in [-0.3, -0.25) is 4.79 Å². The van der Waals surface area contributed by atoms with Crippen molar-refractivity contribution >= 4 is 5.91 Å². The van der Waals surface area contributed by atoms with Gasteiger partial charge in [-0.25, -0.2) is 0 Å². The van der Waals surface area contributed by atoms with Gasteiger partial charge >= 0.3 is 0 Å². The van der Waals surface area contributed by atoms with Gasteiger partial charge in [-0.05, 0) is 27.4 Å². The van der Waals surface area contributed by atoms with Crippen LogP contribution < -0.4 is 10.6 Å². The summed E-state index contributed by atoms with van der Waals surface area (Å²) < 4.78 is 0. The van der Waals surface area contributed by atoms with E-state index in [9.17, 15) is 4.79 Å². The monoisotopic (exact) mass is 215 g/mol. The molecule has 2 N–H and O–H groups in total. The molecule has 0 aliphatic rings. The van der Waals surface area contributed by atoms with E-state index in [1.165, 1.54) is 0 Å². The van der Waals surface area contributed by atoms with E-state index in [4.69, 9.17) is 0 Å². The highest BCUT2D eigenvalue weighted by atomic mass is 16.1. The number of nitrogens with zero attached hydrogens (tertiary/aromatic N) is 1. The molecule has 15 heavy (non-hydrogen) atoms. The minimum absolute atomic E-state index is 0.0917. The predicted molar refractivity (Wildman–Crippen MR) is 63.9 cm³/mol. The highest BCUT2D eigenvalue weighted by molar-refractivity contribution is 5.77. The van der Waals surface area contributed by atoms with E-state index in [2.05, 4.69) is 29.4 Å². The molecule has 0 saturated heterocycles. The van der Waals surface area contributed by atoms with Gasteiger partial charge in [-0.2, -0.15) is 0 Å². The van der Waals surface area contributed by atoms with Crippen LogP contribution in [0.25, 0.3) is 0 Å². The first kappa shape index (κ1) is 14.4. The van der Waals surface area contributed by atoms with Crippen molar-refractivity contribution in [1.82, 2.24) is 15.5 Å². The van der Waals surface area contributed by atoms with E-state index in [1.54, 1.807) is 0 Å². The summed E-state index contributed by atoms with van der Waals surface area (Å²) in [6, 6.07) is 0.344. The van der Waals surface area contributed by atoms with E-state index < -0.39 is 0 Å². The third kappa shape index (κ3) is 9.69. The standard InChI is InChI=1S/C11H25N3O/c1-5-6-7-12-11(15)8-13-10(2)9-14(3)4/h10,13H,5-9H2,1-4H3,(H,12,15). The van der Waals surface area contributed by atoms with E-state index in [1.807, 2.05) is 14.1 Å². The van der Waals surface area contributed by atoms with Crippen molar-refractivity contribution in [3.8, 4) is 0 Å². The van der Waals surface area contributed by atoms with Crippen LogP contribution in [0.1, 0.15) is 26.7 Å². The highest BCUT2D eigenvalue weighted by Gasteiger charge is 2.05. The first-order valence-electron chi connectivity index (χ1n) is 5.71. The Balaban J connectivity index is 3.44. The fraction of sp³-hybridized carbons (Fsp3) is 0.909. The minimum Gasteiger partial charge on any atom is -0.355 e. The summed E-state index contributed by atoms with van der Waals surface area (Å²) in [5.41, 5.74) is 0. The molecule has 0 aromatic rings. The lowest BCUT2D eigenvalue weighted by Crippen LogP contribution is -2.42. The molecule has 1 amide bonds. The molecule has 1 atom stereocenters. The molecule has 0 spiro atoms. The zero-order valence-corrected chi connectivity index (χ0v) is 10.5. The molecule has 0 heterocycles. The van der Waals surface area contributed by atoms with Gasteiger partial charge in [0.05, 0.1) is 6.54 Å². The average molecular weight is 215 g/mol. The molecule has 0 fully saturated rings. The smallest absolute Gasteiger partial charge is 0.233 e. The highest BCUT2D eigenvalue weighted by Crippen LogP contribution is 1.85. The van der Waals surface area contributed by atoms with Crippen LogP contribution in [0.4, 0.5) is 0 Å². The Labute approximate surface area is 93.4 Å². The van der Waals surface area contributed by atoms with Crippen molar-refractivity contribution in [2.75, 3.05) is 33.7 Å². The normalized spacial score (nSPS) is 12.9. The van der Waals surface area contributed by atoms with Crippen LogP contribution in [0.15, 0.2) is 0 Å². The van der Waals surface area contributed by atoms with Crippen LogP contribution in [0.3, 0.4) is 0 Å². The number of amides is 1. The summed E-state index contributed by atoms with van der Waals surface area (Å²) in [6.45, 7) is 6.35. The maximum absolute atomic E-state index is 11.3. The number of carbonyl (C=O) groups is 1. The number of carbonyl (C=O) groups excluding carboxylic acids is 1. The number of rotatable bonds is 8. The molecular weight excluding hydrogens is 190 g/mol. The summed E-state index contributed by atoms with van der Waals surface area (Å²) in [5, 5.41) is 6.06. The van der Waals surface area contributed by atoms with Crippen LogP contribution in [0.2, 0.25) is 0 Å². The largest absolute Gasteiger partial charge is 0.355 e. The lowest BCUT2D eigenvalue weighted by Gasteiger charge is -2.17. The summed E-state index contributed by atoms with van der Waals surface area (Å²) in [6.07, 6.45) is 2.17. The maximum atomic E-state index is 11.3. The SMILES string of the molecule is CCCCNC(=O)CNC(C)CN(C)C. The third-order valence-corrected chi connectivity index (χ3v) is 2.10. The molecule has 0 aliphatic carbocycles. The Morgan fingerprint density at radius 2 is 2.07 bits per heavy atom. The van der Waals surface area contributed by atoms with Crippen molar-refractivity contribution in [1.29, 1.82) is 0 Å². The van der Waals surface area contributed by atoms with Crippen LogP contribution in [-0.2, 0) is 4.79 Å². The number of hydrogen-bond acceptors (Lipinski definition) is 3. The Morgan fingerprint density at radius 3 is 2.60 bits per heavy atom.